The third kappa shape index (κ3) is 2.14. The molecule has 0 aliphatic heterocycles. The number of nitro groups is 1. The summed E-state index contributed by atoms with van der Waals surface area (Å²) in [6.45, 7) is 0. The van der Waals surface area contributed by atoms with Gasteiger partial charge >= 0.3 is 0 Å². The van der Waals surface area contributed by atoms with E-state index in [9.17, 15) is 10.1 Å². The molecule has 4 rings (SSSR count). The summed E-state index contributed by atoms with van der Waals surface area (Å²) in [5.74, 6) is 0. The molecule has 4 aromatic carbocycles. The molecule has 0 amide bonds. The molecule has 0 saturated heterocycles. The SMILES string of the molecule is O=[N+]([O-])c1ccccc1-c1cccc2c1ccc1ccccc12. The van der Waals surface area contributed by atoms with Crippen molar-refractivity contribution in [1.82, 2.24) is 0 Å². The van der Waals surface area contributed by atoms with Gasteiger partial charge in [-0.3, -0.25) is 10.1 Å². The smallest absolute Gasteiger partial charge is 0.258 e. The Morgan fingerprint density at radius 2 is 1.30 bits per heavy atom. The quantitative estimate of drug-likeness (QED) is 0.276. The van der Waals surface area contributed by atoms with Crippen LogP contribution in [0.2, 0.25) is 0 Å². The zero-order valence-corrected chi connectivity index (χ0v) is 12.3. The molecular formula is C20H13NO2. The molecule has 0 bridgehead atoms. The van der Waals surface area contributed by atoms with Crippen molar-refractivity contribution >= 4 is 27.2 Å². The molecule has 0 aromatic heterocycles. The van der Waals surface area contributed by atoms with E-state index in [1.54, 1.807) is 12.1 Å². The standard InChI is InChI=1S/C20H13NO2/c22-21(23)20-11-4-3-8-19(20)17-10-5-9-16-15-7-2-1-6-14(15)12-13-18(16)17/h1-13H. The van der Waals surface area contributed by atoms with Gasteiger partial charge in [0.05, 0.1) is 10.5 Å². The lowest BCUT2D eigenvalue weighted by atomic mass is 9.94. The van der Waals surface area contributed by atoms with Gasteiger partial charge < -0.3 is 0 Å². The van der Waals surface area contributed by atoms with Crippen LogP contribution in [0.1, 0.15) is 0 Å². The largest absolute Gasteiger partial charge is 0.277 e. The Labute approximate surface area is 133 Å². The fourth-order valence-corrected chi connectivity index (χ4v) is 3.14. The first-order chi connectivity index (χ1) is 11.3. The Balaban J connectivity index is 2.10. The molecule has 0 radical (unpaired) electrons. The van der Waals surface area contributed by atoms with Gasteiger partial charge in [0, 0.05) is 6.07 Å². The number of para-hydroxylation sites is 1. The number of nitro benzene ring substituents is 1. The van der Waals surface area contributed by atoms with Gasteiger partial charge in [-0.05, 0) is 33.2 Å². The summed E-state index contributed by atoms with van der Waals surface area (Å²) >= 11 is 0. The minimum atomic E-state index is -0.324. The molecule has 0 aliphatic carbocycles. The lowest BCUT2D eigenvalue weighted by Crippen LogP contribution is -1.92. The predicted octanol–water partition coefficient (Wildman–Crippen LogP) is 5.57. The number of nitrogens with zero attached hydrogens (tertiary/aromatic N) is 1. The van der Waals surface area contributed by atoms with E-state index in [2.05, 4.69) is 24.3 Å². The third-order valence-electron chi connectivity index (χ3n) is 4.18. The van der Waals surface area contributed by atoms with Crippen LogP contribution in [0.4, 0.5) is 5.69 Å². The Hall–Kier alpha value is -3.20. The van der Waals surface area contributed by atoms with E-state index in [-0.39, 0.29) is 10.6 Å². The highest BCUT2D eigenvalue weighted by molar-refractivity contribution is 6.12. The van der Waals surface area contributed by atoms with Crippen molar-refractivity contribution in [2.24, 2.45) is 0 Å². The first-order valence-electron chi connectivity index (χ1n) is 7.40. The second-order valence-corrected chi connectivity index (χ2v) is 5.46. The number of hydrogen-bond acceptors (Lipinski definition) is 2. The Bertz CT molecular complexity index is 1050. The molecule has 0 N–H and O–H groups in total. The van der Waals surface area contributed by atoms with Gasteiger partial charge in [-0.25, -0.2) is 0 Å². The van der Waals surface area contributed by atoms with E-state index in [0.29, 0.717) is 5.56 Å². The van der Waals surface area contributed by atoms with Gasteiger partial charge in [0.15, 0.2) is 0 Å². The van der Waals surface area contributed by atoms with Crippen LogP contribution in [0.15, 0.2) is 78.9 Å². The highest BCUT2D eigenvalue weighted by Gasteiger charge is 2.16. The van der Waals surface area contributed by atoms with E-state index >= 15 is 0 Å². The van der Waals surface area contributed by atoms with Gasteiger partial charge in [-0.1, -0.05) is 66.7 Å². The second-order valence-electron chi connectivity index (χ2n) is 5.46. The van der Waals surface area contributed by atoms with Crippen molar-refractivity contribution in [1.29, 1.82) is 0 Å². The molecule has 0 spiro atoms. The number of fused-ring (bicyclic) bond motifs is 3. The van der Waals surface area contributed by atoms with Crippen molar-refractivity contribution in [3.05, 3.63) is 89.0 Å². The molecule has 0 saturated carbocycles. The van der Waals surface area contributed by atoms with Crippen molar-refractivity contribution in [2.45, 2.75) is 0 Å². The van der Waals surface area contributed by atoms with Gasteiger partial charge in [0.1, 0.15) is 0 Å². The fourth-order valence-electron chi connectivity index (χ4n) is 3.14. The summed E-state index contributed by atoms with van der Waals surface area (Å²) in [7, 11) is 0. The molecule has 0 heterocycles. The minimum Gasteiger partial charge on any atom is -0.258 e. The van der Waals surface area contributed by atoms with Crippen LogP contribution >= 0.6 is 0 Å². The first-order valence-corrected chi connectivity index (χ1v) is 7.40. The molecule has 0 unspecified atom stereocenters. The van der Waals surface area contributed by atoms with Crippen LogP contribution < -0.4 is 0 Å². The first kappa shape index (κ1) is 13.5. The van der Waals surface area contributed by atoms with Crippen LogP contribution in [-0.4, -0.2) is 4.92 Å². The van der Waals surface area contributed by atoms with Crippen LogP contribution in [0.3, 0.4) is 0 Å². The van der Waals surface area contributed by atoms with E-state index in [4.69, 9.17) is 0 Å². The van der Waals surface area contributed by atoms with Gasteiger partial charge in [0.25, 0.3) is 5.69 Å². The highest BCUT2D eigenvalue weighted by atomic mass is 16.6. The number of rotatable bonds is 2. The van der Waals surface area contributed by atoms with Crippen LogP contribution in [0.25, 0.3) is 32.7 Å². The minimum absolute atomic E-state index is 0.133. The molecular weight excluding hydrogens is 286 g/mol. The average molecular weight is 299 g/mol. The summed E-state index contributed by atoms with van der Waals surface area (Å²) in [5.41, 5.74) is 1.67. The molecule has 23 heavy (non-hydrogen) atoms. The van der Waals surface area contributed by atoms with Crippen molar-refractivity contribution < 1.29 is 4.92 Å². The maximum atomic E-state index is 11.3. The second kappa shape index (κ2) is 5.21. The maximum Gasteiger partial charge on any atom is 0.277 e. The summed E-state index contributed by atoms with van der Waals surface area (Å²) in [6, 6.07) is 25.2. The van der Waals surface area contributed by atoms with Gasteiger partial charge in [-0.2, -0.15) is 0 Å². The van der Waals surface area contributed by atoms with Gasteiger partial charge in [0.2, 0.25) is 0 Å². The van der Waals surface area contributed by atoms with E-state index in [0.717, 1.165) is 21.7 Å². The van der Waals surface area contributed by atoms with Gasteiger partial charge in [-0.15, -0.1) is 0 Å². The van der Waals surface area contributed by atoms with Crippen LogP contribution in [-0.2, 0) is 0 Å². The summed E-state index contributed by atoms with van der Waals surface area (Å²) < 4.78 is 0. The zero-order chi connectivity index (χ0) is 15.8. The molecule has 3 nitrogen and oxygen atoms in total. The zero-order valence-electron chi connectivity index (χ0n) is 12.3. The van der Waals surface area contributed by atoms with E-state index < -0.39 is 0 Å². The lowest BCUT2D eigenvalue weighted by Gasteiger charge is -2.10. The lowest BCUT2D eigenvalue weighted by molar-refractivity contribution is -0.384. The molecule has 0 atom stereocenters. The van der Waals surface area contributed by atoms with Crippen LogP contribution in [0.5, 0.6) is 0 Å². The molecule has 3 heteroatoms. The maximum absolute atomic E-state index is 11.3. The normalized spacial score (nSPS) is 11.0. The topological polar surface area (TPSA) is 43.1 Å². The summed E-state index contributed by atoms with van der Waals surface area (Å²) in [4.78, 5) is 11.0. The fraction of sp³-hybridized carbons (Fsp3) is 0. The number of hydrogen-bond donors (Lipinski definition) is 0. The summed E-state index contributed by atoms with van der Waals surface area (Å²) in [6.07, 6.45) is 0. The Kier molecular flexibility index (Phi) is 3.05. The van der Waals surface area contributed by atoms with Crippen molar-refractivity contribution in [3.63, 3.8) is 0 Å². The third-order valence-corrected chi connectivity index (χ3v) is 4.18. The molecule has 0 aliphatic rings. The summed E-state index contributed by atoms with van der Waals surface area (Å²) in [5, 5.41) is 15.8. The Morgan fingerprint density at radius 3 is 2.17 bits per heavy atom. The average Bonchev–Trinajstić information content (AvgIpc) is 2.61. The van der Waals surface area contributed by atoms with E-state index in [1.165, 1.54) is 5.39 Å². The Morgan fingerprint density at radius 1 is 0.609 bits per heavy atom. The molecule has 0 fully saturated rings. The monoisotopic (exact) mass is 299 g/mol. The molecule has 110 valence electrons. The van der Waals surface area contributed by atoms with E-state index in [1.807, 2.05) is 42.5 Å². The highest BCUT2D eigenvalue weighted by Crippen LogP contribution is 2.36. The van der Waals surface area contributed by atoms with Crippen LogP contribution in [0, 0.1) is 10.1 Å². The van der Waals surface area contributed by atoms with Crippen molar-refractivity contribution in [2.75, 3.05) is 0 Å². The van der Waals surface area contributed by atoms with Crippen molar-refractivity contribution in [3.8, 4) is 11.1 Å². The predicted molar refractivity (Wildman–Crippen MR) is 93.5 cm³/mol. The molecule has 4 aromatic rings. The number of benzene rings is 4.